The van der Waals surface area contributed by atoms with Crippen LogP contribution in [0.15, 0.2) is 48.2 Å². The number of carbonyl (C=O) groups excluding carboxylic acids is 2. The Morgan fingerprint density at radius 2 is 1.86 bits per heavy atom. The van der Waals surface area contributed by atoms with E-state index in [2.05, 4.69) is 6.92 Å². The van der Waals surface area contributed by atoms with Crippen molar-refractivity contribution in [3.8, 4) is 0 Å². The fourth-order valence-corrected chi connectivity index (χ4v) is 3.72. The topological polar surface area (TPSA) is 49.9 Å². The van der Waals surface area contributed by atoms with E-state index in [1.165, 1.54) is 16.9 Å². The molecule has 2 aromatic carbocycles. The Kier molecular flexibility index (Phi) is 6.57. The van der Waals surface area contributed by atoms with Crippen LogP contribution < -0.4 is 4.90 Å². The molecular weight excluding hydrogens is 431 g/mol. The average molecular weight is 449 g/mol. The summed E-state index contributed by atoms with van der Waals surface area (Å²) < 4.78 is 4.76. The molecule has 0 radical (unpaired) electrons. The van der Waals surface area contributed by atoms with Gasteiger partial charge in [-0.2, -0.15) is 0 Å². The fourth-order valence-electron chi connectivity index (χ4n) is 2.90. The van der Waals surface area contributed by atoms with Crippen LogP contribution in [0.3, 0.4) is 0 Å². The van der Waals surface area contributed by atoms with Crippen LogP contribution in [-0.2, 0) is 20.7 Å². The van der Waals surface area contributed by atoms with E-state index in [4.69, 9.17) is 40.2 Å². The maximum atomic E-state index is 13.2. The first kappa shape index (κ1) is 21.3. The Morgan fingerprint density at radius 1 is 1.17 bits per heavy atom. The van der Waals surface area contributed by atoms with Crippen molar-refractivity contribution in [2.75, 3.05) is 18.6 Å². The van der Waals surface area contributed by atoms with Gasteiger partial charge in [0.15, 0.2) is 5.11 Å². The van der Waals surface area contributed by atoms with E-state index in [-0.39, 0.29) is 23.3 Å². The number of aryl methyl sites for hydroxylation is 1. The molecule has 1 amide bonds. The van der Waals surface area contributed by atoms with Gasteiger partial charge in [0.2, 0.25) is 0 Å². The summed E-state index contributed by atoms with van der Waals surface area (Å²) in [7, 11) is 1.28. The van der Waals surface area contributed by atoms with Gasteiger partial charge in [0.05, 0.1) is 12.8 Å². The summed E-state index contributed by atoms with van der Waals surface area (Å²) in [5.74, 6) is -0.870. The van der Waals surface area contributed by atoms with E-state index >= 15 is 0 Å². The van der Waals surface area contributed by atoms with E-state index in [9.17, 15) is 9.59 Å². The van der Waals surface area contributed by atoms with E-state index in [1.54, 1.807) is 24.3 Å². The fraction of sp³-hybridized carbons (Fsp3) is 0.190. The van der Waals surface area contributed by atoms with Crippen molar-refractivity contribution in [1.29, 1.82) is 0 Å². The zero-order chi connectivity index (χ0) is 21.1. The molecule has 1 saturated heterocycles. The normalized spacial score (nSPS) is 15.4. The van der Waals surface area contributed by atoms with Crippen LogP contribution in [0.25, 0.3) is 6.08 Å². The lowest BCUT2D eigenvalue weighted by Crippen LogP contribution is -2.35. The predicted molar refractivity (Wildman–Crippen MR) is 119 cm³/mol. The van der Waals surface area contributed by atoms with Crippen molar-refractivity contribution >= 4 is 64.2 Å². The molecule has 0 saturated carbocycles. The molecule has 1 aliphatic heterocycles. The first-order valence-corrected chi connectivity index (χ1v) is 10.0. The highest BCUT2D eigenvalue weighted by Crippen LogP contribution is 2.31. The molecule has 8 heteroatoms. The van der Waals surface area contributed by atoms with Crippen molar-refractivity contribution in [3.05, 3.63) is 69.3 Å². The third kappa shape index (κ3) is 4.45. The molecule has 0 unspecified atom stereocenters. The van der Waals surface area contributed by atoms with Gasteiger partial charge in [-0.3, -0.25) is 14.5 Å². The van der Waals surface area contributed by atoms with Crippen LogP contribution in [0.5, 0.6) is 0 Å². The Bertz CT molecular complexity index is 1010. The van der Waals surface area contributed by atoms with Crippen LogP contribution >= 0.6 is 35.4 Å². The Balaban J connectivity index is 2.05. The molecule has 0 atom stereocenters. The molecule has 1 aliphatic rings. The number of thiocarbonyl (C=S) groups is 1. The molecule has 5 nitrogen and oxygen atoms in total. The number of rotatable bonds is 5. The van der Waals surface area contributed by atoms with Crippen LogP contribution in [0, 0.1) is 0 Å². The second kappa shape index (κ2) is 8.95. The van der Waals surface area contributed by atoms with Gasteiger partial charge in [-0.15, -0.1) is 0 Å². The molecule has 0 bridgehead atoms. The number of halogens is 2. The average Bonchev–Trinajstić information content (AvgIpc) is 2.93. The third-order valence-corrected chi connectivity index (χ3v) is 5.47. The van der Waals surface area contributed by atoms with Gasteiger partial charge >= 0.3 is 5.97 Å². The molecule has 2 aromatic rings. The lowest BCUT2D eigenvalue weighted by atomic mass is 10.1. The quantitative estimate of drug-likeness (QED) is 0.376. The summed E-state index contributed by atoms with van der Waals surface area (Å²) in [5, 5.41) is 1.06. The van der Waals surface area contributed by atoms with Crippen molar-refractivity contribution in [2.24, 2.45) is 0 Å². The molecule has 1 heterocycles. The zero-order valence-corrected chi connectivity index (χ0v) is 18.1. The van der Waals surface area contributed by atoms with E-state index in [1.807, 2.05) is 24.3 Å². The van der Waals surface area contributed by atoms with Crippen molar-refractivity contribution in [1.82, 2.24) is 4.90 Å². The lowest BCUT2D eigenvalue weighted by molar-refractivity contribution is -0.140. The summed E-state index contributed by atoms with van der Waals surface area (Å²) in [6.07, 6.45) is 2.48. The van der Waals surface area contributed by atoms with Crippen LogP contribution in [0.1, 0.15) is 18.1 Å². The second-order valence-corrected chi connectivity index (χ2v) is 7.51. The molecule has 0 aromatic heterocycles. The Hall–Kier alpha value is -2.41. The first-order valence-electron chi connectivity index (χ1n) is 8.84. The van der Waals surface area contributed by atoms with Crippen LogP contribution in [0.2, 0.25) is 10.0 Å². The number of esters is 1. The number of nitrogens with zero attached hydrogens (tertiary/aromatic N) is 2. The predicted octanol–water partition coefficient (Wildman–Crippen LogP) is 4.70. The molecule has 150 valence electrons. The van der Waals surface area contributed by atoms with Gasteiger partial charge in [0.1, 0.15) is 12.2 Å². The van der Waals surface area contributed by atoms with Crippen molar-refractivity contribution in [3.63, 3.8) is 0 Å². The number of ether oxygens (including phenoxy) is 1. The number of anilines is 1. The minimum atomic E-state index is -0.517. The second-order valence-electron chi connectivity index (χ2n) is 6.30. The number of amides is 1. The van der Waals surface area contributed by atoms with Gasteiger partial charge in [0, 0.05) is 10.0 Å². The van der Waals surface area contributed by atoms with Gasteiger partial charge in [0.25, 0.3) is 5.91 Å². The number of methoxy groups -OCH3 is 1. The number of carbonyl (C=O) groups is 2. The van der Waals surface area contributed by atoms with Crippen molar-refractivity contribution in [2.45, 2.75) is 13.3 Å². The maximum Gasteiger partial charge on any atom is 0.325 e. The molecule has 29 heavy (non-hydrogen) atoms. The minimum Gasteiger partial charge on any atom is -0.468 e. The molecule has 0 spiro atoms. The van der Waals surface area contributed by atoms with E-state index in [0.29, 0.717) is 21.3 Å². The summed E-state index contributed by atoms with van der Waals surface area (Å²) in [4.78, 5) is 28.0. The molecular formula is C21H18Cl2N2O3S. The smallest absolute Gasteiger partial charge is 0.325 e. The van der Waals surface area contributed by atoms with Gasteiger partial charge < -0.3 is 9.64 Å². The summed E-state index contributed by atoms with van der Waals surface area (Å²) >= 11 is 17.7. The van der Waals surface area contributed by atoms with Crippen LogP contribution in [0.4, 0.5) is 5.69 Å². The summed E-state index contributed by atoms with van der Waals surface area (Å²) in [6, 6.07) is 12.5. The van der Waals surface area contributed by atoms with Crippen molar-refractivity contribution < 1.29 is 14.3 Å². The summed E-state index contributed by atoms with van der Waals surface area (Å²) in [6.45, 7) is 1.86. The number of hydrogen-bond acceptors (Lipinski definition) is 4. The molecule has 0 N–H and O–H groups in total. The first-order chi connectivity index (χ1) is 13.8. The van der Waals surface area contributed by atoms with E-state index in [0.717, 1.165) is 12.0 Å². The zero-order valence-electron chi connectivity index (χ0n) is 15.8. The Labute approximate surface area is 184 Å². The van der Waals surface area contributed by atoms with Gasteiger partial charge in [-0.05, 0) is 60.1 Å². The Morgan fingerprint density at radius 3 is 2.45 bits per heavy atom. The molecule has 1 fully saturated rings. The lowest BCUT2D eigenvalue weighted by Gasteiger charge is -2.19. The molecule has 3 rings (SSSR count). The SMILES string of the molecule is CCc1ccc(N2C(=O)/C(=C/c3ccc(Cl)cc3Cl)N(CC(=O)OC)C2=S)cc1. The largest absolute Gasteiger partial charge is 0.468 e. The van der Waals surface area contributed by atoms with Gasteiger partial charge in [-0.25, -0.2) is 0 Å². The number of benzene rings is 2. The number of hydrogen-bond donors (Lipinski definition) is 0. The maximum absolute atomic E-state index is 13.2. The standard InChI is InChI=1S/C21H18Cl2N2O3S/c1-3-13-4-8-16(9-5-13)25-20(27)18(24(21(25)29)12-19(26)28-2)10-14-6-7-15(22)11-17(14)23/h4-11H,3,12H2,1-2H3/b18-10-. The monoisotopic (exact) mass is 448 g/mol. The highest BCUT2D eigenvalue weighted by molar-refractivity contribution is 7.80. The van der Waals surface area contributed by atoms with E-state index < -0.39 is 5.97 Å². The highest BCUT2D eigenvalue weighted by atomic mass is 35.5. The summed E-state index contributed by atoms with van der Waals surface area (Å²) in [5.41, 5.74) is 2.57. The highest BCUT2D eigenvalue weighted by Gasteiger charge is 2.40. The third-order valence-electron chi connectivity index (χ3n) is 4.51. The molecule has 0 aliphatic carbocycles. The van der Waals surface area contributed by atoms with Gasteiger partial charge in [-0.1, -0.05) is 48.3 Å². The van der Waals surface area contributed by atoms with Crippen LogP contribution in [-0.4, -0.2) is 35.5 Å². The minimum absolute atomic E-state index is 0.193.